The summed E-state index contributed by atoms with van der Waals surface area (Å²) in [7, 11) is 0. The van der Waals surface area contributed by atoms with E-state index in [-0.39, 0.29) is 5.69 Å². The molecule has 0 amide bonds. The molecule has 0 unspecified atom stereocenters. The summed E-state index contributed by atoms with van der Waals surface area (Å²) < 4.78 is 0.962. The standard InChI is InChI=1S/C10H7BrN2O2S/c1-5-4-12-9(13-8(5)10(14)15)6-2-3-7(11)16-6/h2-4H,1H3,(H,14,15). The maximum atomic E-state index is 10.9. The predicted molar refractivity (Wildman–Crippen MR) is 64.7 cm³/mol. The van der Waals surface area contributed by atoms with Gasteiger partial charge in [-0.05, 0) is 35.0 Å². The molecule has 2 aromatic heterocycles. The fraction of sp³-hybridized carbons (Fsp3) is 0.100. The van der Waals surface area contributed by atoms with Gasteiger partial charge in [-0.15, -0.1) is 11.3 Å². The molecule has 0 aliphatic carbocycles. The summed E-state index contributed by atoms with van der Waals surface area (Å²) >= 11 is 4.80. The molecule has 0 spiro atoms. The molecule has 0 saturated heterocycles. The predicted octanol–water partition coefficient (Wildman–Crippen LogP) is 2.97. The van der Waals surface area contributed by atoms with E-state index in [4.69, 9.17) is 5.11 Å². The van der Waals surface area contributed by atoms with Crippen molar-refractivity contribution in [3.05, 3.63) is 33.4 Å². The van der Waals surface area contributed by atoms with Crippen LogP contribution in [0.2, 0.25) is 0 Å². The fourth-order valence-corrected chi connectivity index (χ4v) is 2.54. The second-order valence-corrected chi connectivity index (χ2v) is 5.60. The number of rotatable bonds is 2. The Morgan fingerprint density at radius 1 is 1.50 bits per heavy atom. The highest BCUT2D eigenvalue weighted by molar-refractivity contribution is 9.11. The lowest BCUT2D eigenvalue weighted by Gasteiger charge is -2.01. The van der Waals surface area contributed by atoms with Gasteiger partial charge in [-0.25, -0.2) is 14.8 Å². The average Bonchev–Trinajstić information content (AvgIpc) is 2.65. The third-order valence-corrected chi connectivity index (χ3v) is 3.59. The Hall–Kier alpha value is -1.27. The van der Waals surface area contributed by atoms with Crippen molar-refractivity contribution < 1.29 is 9.90 Å². The van der Waals surface area contributed by atoms with Gasteiger partial charge in [0.2, 0.25) is 0 Å². The van der Waals surface area contributed by atoms with Crippen molar-refractivity contribution in [3.63, 3.8) is 0 Å². The molecule has 16 heavy (non-hydrogen) atoms. The van der Waals surface area contributed by atoms with E-state index in [1.807, 2.05) is 12.1 Å². The Morgan fingerprint density at radius 2 is 2.25 bits per heavy atom. The van der Waals surface area contributed by atoms with Crippen LogP contribution in [-0.4, -0.2) is 21.0 Å². The normalized spacial score (nSPS) is 10.4. The topological polar surface area (TPSA) is 63.1 Å². The van der Waals surface area contributed by atoms with E-state index in [0.717, 1.165) is 8.66 Å². The Morgan fingerprint density at radius 3 is 2.81 bits per heavy atom. The zero-order valence-corrected chi connectivity index (χ0v) is 10.7. The molecule has 4 nitrogen and oxygen atoms in total. The fourth-order valence-electron chi connectivity index (χ4n) is 1.21. The molecule has 82 valence electrons. The number of thiophene rings is 1. The molecular formula is C10H7BrN2O2S. The highest BCUT2D eigenvalue weighted by atomic mass is 79.9. The molecule has 0 aromatic carbocycles. The smallest absolute Gasteiger partial charge is 0.354 e. The third-order valence-electron chi connectivity index (χ3n) is 1.97. The zero-order chi connectivity index (χ0) is 11.7. The minimum absolute atomic E-state index is 0.0505. The molecule has 0 bridgehead atoms. The molecule has 0 radical (unpaired) electrons. The Kier molecular flexibility index (Phi) is 3.02. The summed E-state index contributed by atoms with van der Waals surface area (Å²) in [6.45, 7) is 1.68. The summed E-state index contributed by atoms with van der Waals surface area (Å²) in [6.07, 6.45) is 1.53. The number of nitrogens with zero attached hydrogens (tertiary/aromatic N) is 2. The van der Waals surface area contributed by atoms with Gasteiger partial charge in [-0.3, -0.25) is 0 Å². The first-order valence-corrected chi connectivity index (χ1v) is 6.01. The van der Waals surface area contributed by atoms with Gasteiger partial charge < -0.3 is 5.11 Å². The van der Waals surface area contributed by atoms with E-state index in [9.17, 15) is 4.79 Å². The van der Waals surface area contributed by atoms with Crippen LogP contribution >= 0.6 is 27.3 Å². The lowest BCUT2D eigenvalue weighted by atomic mass is 10.2. The number of hydrogen-bond donors (Lipinski definition) is 1. The summed E-state index contributed by atoms with van der Waals surface area (Å²) in [6, 6.07) is 3.73. The minimum atomic E-state index is -1.03. The molecule has 2 heterocycles. The van der Waals surface area contributed by atoms with Crippen molar-refractivity contribution >= 4 is 33.2 Å². The quantitative estimate of drug-likeness (QED) is 0.926. The summed E-state index contributed by atoms with van der Waals surface area (Å²) in [5.74, 6) is -0.588. The van der Waals surface area contributed by atoms with Crippen molar-refractivity contribution in [3.8, 4) is 10.7 Å². The van der Waals surface area contributed by atoms with Crippen LogP contribution in [0.25, 0.3) is 10.7 Å². The van der Waals surface area contributed by atoms with Crippen molar-refractivity contribution in [1.29, 1.82) is 0 Å². The van der Waals surface area contributed by atoms with Gasteiger partial charge >= 0.3 is 5.97 Å². The van der Waals surface area contributed by atoms with Gasteiger partial charge in [0.1, 0.15) is 0 Å². The van der Waals surface area contributed by atoms with Crippen LogP contribution in [0, 0.1) is 6.92 Å². The number of aromatic nitrogens is 2. The number of carbonyl (C=O) groups is 1. The van der Waals surface area contributed by atoms with Crippen LogP contribution in [0.3, 0.4) is 0 Å². The van der Waals surface area contributed by atoms with E-state index in [0.29, 0.717) is 11.4 Å². The first kappa shape index (κ1) is 11.2. The molecule has 0 saturated carbocycles. The maximum Gasteiger partial charge on any atom is 0.354 e. The van der Waals surface area contributed by atoms with E-state index >= 15 is 0 Å². The first-order valence-electron chi connectivity index (χ1n) is 4.40. The Bertz CT molecular complexity index is 554. The second-order valence-electron chi connectivity index (χ2n) is 3.13. The van der Waals surface area contributed by atoms with Crippen LogP contribution < -0.4 is 0 Å². The van der Waals surface area contributed by atoms with Crippen LogP contribution in [0.4, 0.5) is 0 Å². The summed E-state index contributed by atoms with van der Waals surface area (Å²) in [5.41, 5.74) is 0.612. The Balaban J connectivity index is 2.51. The van der Waals surface area contributed by atoms with E-state index < -0.39 is 5.97 Å². The molecule has 2 aromatic rings. The zero-order valence-electron chi connectivity index (χ0n) is 8.27. The number of carboxylic acid groups (broad SMARTS) is 1. The highest BCUT2D eigenvalue weighted by Gasteiger charge is 2.12. The van der Waals surface area contributed by atoms with Crippen molar-refractivity contribution in [1.82, 2.24) is 9.97 Å². The highest BCUT2D eigenvalue weighted by Crippen LogP contribution is 2.29. The number of halogens is 1. The van der Waals surface area contributed by atoms with Crippen LogP contribution in [0.15, 0.2) is 22.1 Å². The summed E-state index contributed by atoms with van der Waals surface area (Å²) in [5, 5.41) is 8.95. The van der Waals surface area contributed by atoms with Gasteiger partial charge in [0.25, 0.3) is 0 Å². The lowest BCUT2D eigenvalue weighted by molar-refractivity contribution is 0.0689. The molecule has 2 rings (SSSR count). The van der Waals surface area contributed by atoms with E-state index in [1.165, 1.54) is 17.5 Å². The second kappa shape index (κ2) is 4.31. The maximum absolute atomic E-state index is 10.9. The number of carboxylic acids is 1. The van der Waals surface area contributed by atoms with Crippen LogP contribution in [0.1, 0.15) is 16.1 Å². The van der Waals surface area contributed by atoms with Gasteiger partial charge in [0.05, 0.1) is 8.66 Å². The van der Waals surface area contributed by atoms with Gasteiger partial charge in [0, 0.05) is 11.8 Å². The van der Waals surface area contributed by atoms with Crippen LogP contribution in [-0.2, 0) is 0 Å². The monoisotopic (exact) mass is 298 g/mol. The molecule has 6 heteroatoms. The summed E-state index contributed by atoms with van der Waals surface area (Å²) in [4.78, 5) is 19.9. The molecular weight excluding hydrogens is 292 g/mol. The van der Waals surface area contributed by atoms with Crippen LogP contribution in [0.5, 0.6) is 0 Å². The van der Waals surface area contributed by atoms with E-state index in [2.05, 4.69) is 25.9 Å². The van der Waals surface area contributed by atoms with Gasteiger partial charge in [-0.1, -0.05) is 0 Å². The Labute approximate surface area is 104 Å². The lowest BCUT2D eigenvalue weighted by Crippen LogP contribution is -2.05. The molecule has 0 aliphatic rings. The van der Waals surface area contributed by atoms with Crippen molar-refractivity contribution in [2.24, 2.45) is 0 Å². The van der Waals surface area contributed by atoms with E-state index in [1.54, 1.807) is 6.92 Å². The molecule has 0 fully saturated rings. The largest absolute Gasteiger partial charge is 0.477 e. The molecule has 0 atom stereocenters. The van der Waals surface area contributed by atoms with Crippen molar-refractivity contribution in [2.75, 3.05) is 0 Å². The number of aryl methyl sites for hydroxylation is 1. The first-order chi connectivity index (χ1) is 7.58. The third kappa shape index (κ3) is 2.12. The van der Waals surface area contributed by atoms with Crippen molar-refractivity contribution in [2.45, 2.75) is 6.92 Å². The number of hydrogen-bond acceptors (Lipinski definition) is 4. The SMILES string of the molecule is Cc1cnc(-c2ccc(Br)s2)nc1C(=O)O. The molecule has 1 N–H and O–H groups in total. The van der Waals surface area contributed by atoms with Gasteiger partial charge in [-0.2, -0.15) is 0 Å². The molecule has 0 aliphatic heterocycles. The average molecular weight is 299 g/mol. The minimum Gasteiger partial charge on any atom is -0.477 e. The van der Waals surface area contributed by atoms with Gasteiger partial charge in [0.15, 0.2) is 11.5 Å². The number of aromatic carboxylic acids is 1.